The molecule has 1 fully saturated rings. The van der Waals surface area contributed by atoms with Crippen molar-refractivity contribution in [2.24, 2.45) is 11.8 Å². The van der Waals surface area contributed by atoms with Gasteiger partial charge in [-0.1, -0.05) is 13.8 Å². The van der Waals surface area contributed by atoms with Crippen molar-refractivity contribution in [1.29, 1.82) is 0 Å². The Kier molecular flexibility index (Phi) is 6.26. The Morgan fingerprint density at radius 3 is 2.50 bits per heavy atom. The Balaban J connectivity index is 2.43. The standard InChI is InChI=1S/C14H27N3O3/c1-10(2)7-12(13(18)19)8-15-14(20)17-6-5-16(4)11(3)9-17/h10-12H,5-9H2,1-4H3,(H,15,20)(H,18,19). The highest BCUT2D eigenvalue weighted by atomic mass is 16.4. The molecule has 20 heavy (non-hydrogen) atoms. The summed E-state index contributed by atoms with van der Waals surface area (Å²) in [7, 11) is 2.04. The van der Waals surface area contributed by atoms with E-state index in [1.54, 1.807) is 4.90 Å². The van der Waals surface area contributed by atoms with E-state index in [1.807, 2.05) is 20.9 Å². The summed E-state index contributed by atoms with van der Waals surface area (Å²) in [6, 6.07) is 0.181. The van der Waals surface area contributed by atoms with E-state index in [0.717, 1.165) is 6.54 Å². The lowest BCUT2D eigenvalue weighted by Gasteiger charge is -2.37. The molecule has 0 radical (unpaired) electrons. The van der Waals surface area contributed by atoms with Gasteiger partial charge < -0.3 is 20.2 Å². The second-order valence-corrected chi connectivity index (χ2v) is 6.13. The first-order valence-corrected chi connectivity index (χ1v) is 7.27. The smallest absolute Gasteiger partial charge is 0.317 e. The van der Waals surface area contributed by atoms with Gasteiger partial charge in [0.2, 0.25) is 0 Å². The van der Waals surface area contributed by atoms with Crippen LogP contribution < -0.4 is 5.32 Å². The minimum atomic E-state index is -0.842. The van der Waals surface area contributed by atoms with E-state index in [9.17, 15) is 9.59 Å². The van der Waals surface area contributed by atoms with Crippen molar-refractivity contribution in [3.8, 4) is 0 Å². The third-order valence-corrected chi connectivity index (χ3v) is 3.85. The molecule has 1 rings (SSSR count). The normalized spacial score (nSPS) is 21.9. The van der Waals surface area contributed by atoms with E-state index in [4.69, 9.17) is 5.11 Å². The van der Waals surface area contributed by atoms with Crippen molar-refractivity contribution in [3.05, 3.63) is 0 Å². The Labute approximate surface area is 121 Å². The van der Waals surface area contributed by atoms with Gasteiger partial charge in [-0.15, -0.1) is 0 Å². The predicted molar refractivity (Wildman–Crippen MR) is 77.6 cm³/mol. The average molecular weight is 285 g/mol. The second kappa shape index (κ2) is 7.47. The van der Waals surface area contributed by atoms with Crippen LogP contribution in [0.25, 0.3) is 0 Å². The van der Waals surface area contributed by atoms with E-state index in [-0.39, 0.29) is 12.6 Å². The number of carboxylic acid groups (broad SMARTS) is 1. The van der Waals surface area contributed by atoms with Gasteiger partial charge in [-0.25, -0.2) is 4.79 Å². The minimum Gasteiger partial charge on any atom is -0.481 e. The van der Waals surface area contributed by atoms with E-state index in [1.165, 1.54) is 0 Å². The molecule has 1 heterocycles. The maximum absolute atomic E-state index is 12.1. The Morgan fingerprint density at radius 1 is 1.35 bits per heavy atom. The molecule has 0 aromatic carbocycles. The maximum Gasteiger partial charge on any atom is 0.317 e. The number of carboxylic acids is 1. The minimum absolute atomic E-state index is 0.153. The lowest BCUT2D eigenvalue weighted by Crippen LogP contribution is -2.55. The molecule has 0 saturated carbocycles. The first-order chi connectivity index (χ1) is 9.31. The molecule has 116 valence electrons. The van der Waals surface area contributed by atoms with Gasteiger partial charge in [0, 0.05) is 32.2 Å². The number of nitrogens with one attached hydrogen (secondary N) is 1. The number of urea groups is 1. The van der Waals surface area contributed by atoms with Crippen molar-refractivity contribution in [3.63, 3.8) is 0 Å². The molecule has 0 bridgehead atoms. The number of piperazine rings is 1. The largest absolute Gasteiger partial charge is 0.481 e. The molecule has 0 spiro atoms. The highest BCUT2D eigenvalue weighted by Crippen LogP contribution is 2.12. The van der Waals surface area contributed by atoms with E-state index >= 15 is 0 Å². The Bertz CT molecular complexity index is 347. The Morgan fingerprint density at radius 2 is 2.00 bits per heavy atom. The van der Waals surface area contributed by atoms with Crippen molar-refractivity contribution in [2.75, 3.05) is 33.2 Å². The number of likely N-dealkylation sites (N-methyl/N-ethyl adjacent to an activating group) is 1. The van der Waals surface area contributed by atoms with E-state index in [2.05, 4.69) is 17.1 Å². The molecule has 6 heteroatoms. The molecule has 1 aliphatic rings. The molecule has 2 unspecified atom stereocenters. The second-order valence-electron chi connectivity index (χ2n) is 6.13. The summed E-state index contributed by atoms with van der Waals surface area (Å²) in [6.07, 6.45) is 0.578. The van der Waals surface area contributed by atoms with Crippen molar-refractivity contribution in [2.45, 2.75) is 33.2 Å². The molecule has 6 nitrogen and oxygen atoms in total. The van der Waals surface area contributed by atoms with Crippen LogP contribution in [-0.2, 0) is 4.79 Å². The van der Waals surface area contributed by atoms with Gasteiger partial charge in [-0.3, -0.25) is 4.79 Å². The number of rotatable bonds is 5. The van der Waals surface area contributed by atoms with Crippen LogP contribution >= 0.6 is 0 Å². The zero-order chi connectivity index (χ0) is 15.3. The zero-order valence-electron chi connectivity index (χ0n) is 12.9. The molecular weight excluding hydrogens is 258 g/mol. The van der Waals surface area contributed by atoms with Crippen LogP contribution in [0.3, 0.4) is 0 Å². The number of aliphatic carboxylic acids is 1. The fourth-order valence-electron chi connectivity index (χ4n) is 2.40. The zero-order valence-corrected chi connectivity index (χ0v) is 12.9. The topological polar surface area (TPSA) is 72.9 Å². The maximum atomic E-state index is 12.1. The number of amides is 2. The number of carbonyl (C=O) groups is 2. The van der Waals surface area contributed by atoms with Gasteiger partial charge in [0.1, 0.15) is 0 Å². The van der Waals surface area contributed by atoms with Crippen LogP contribution in [-0.4, -0.2) is 66.2 Å². The third-order valence-electron chi connectivity index (χ3n) is 3.85. The molecule has 1 aliphatic heterocycles. The van der Waals surface area contributed by atoms with Gasteiger partial charge in [-0.05, 0) is 26.3 Å². The molecule has 2 N–H and O–H groups in total. The van der Waals surface area contributed by atoms with Gasteiger partial charge in [-0.2, -0.15) is 0 Å². The highest BCUT2D eigenvalue weighted by Gasteiger charge is 2.26. The number of hydrogen-bond donors (Lipinski definition) is 2. The van der Waals surface area contributed by atoms with Crippen LogP contribution in [0.5, 0.6) is 0 Å². The van der Waals surface area contributed by atoms with Crippen molar-refractivity contribution >= 4 is 12.0 Å². The molecule has 2 atom stereocenters. The molecule has 0 aromatic heterocycles. The average Bonchev–Trinajstić information content (AvgIpc) is 2.36. The van der Waals surface area contributed by atoms with Gasteiger partial charge >= 0.3 is 12.0 Å². The first-order valence-electron chi connectivity index (χ1n) is 7.27. The van der Waals surface area contributed by atoms with Gasteiger partial charge in [0.25, 0.3) is 0 Å². The summed E-state index contributed by atoms with van der Waals surface area (Å²) < 4.78 is 0. The number of nitrogens with zero attached hydrogens (tertiary/aromatic N) is 2. The Hall–Kier alpha value is -1.30. The fourth-order valence-corrected chi connectivity index (χ4v) is 2.40. The van der Waals surface area contributed by atoms with Crippen molar-refractivity contribution < 1.29 is 14.7 Å². The number of carbonyl (C=O) groups excluding carboxylic acids is 1. The highest BCUT2D eigenvalue weighted by molar-refractivity contribution is 5.76. The van der Waals surface area contributed by atoms with Crippen LogP contribution in [0.4, 0.5) is 4.79 Å². The summed E-state index contributed by atoms with van der Waals surface area (Å²) in [5.74, 6) is -1.05. The monoisotopic (exact) mass is 285 g/mol. The molecule has 0 aromatic rings. The van der Waals surface area contributed by atoms with Crippen molar-refractivity contribution in [1.82, 2.24) is 15.1 Å². The molecular formula is C14H27N3O3. The summed E-state index contributed by atoms with van der Waals surface area (Å²) in [4.78, 5) is 27.2. The molecule has 2 amide bonds. The lowest BCUT2D eigenvalue weighted by molar-refractivity contribution is -0.142. The fraction of sp³-hybridized carbons (Fsp3) is 0.857. The summed E-state index contributed by atoms with van der Waals surface area (Å²) in [6.45, 7) is 8.48. The quantitative estimate of drug-likeness (QED) is 0.793. The third kappa shape index (κ3) is 5.00. The number of hydrogen-bond acceptors (Lipinski definition) is 3. The summed E-state index contributed by atoms with van der Waals surface area (Å²) >= 11 is 0. The summed E-state index contributed by atoms with van der Waals surface area (Å²) in [5, 5.41) is 11.9. The first kappa shape index (κ1) is 16.8. The summed E-state index contributed by atoms with van der Waals surface area (Å²) in [5.41, 5.74) is 0. The van der Waals surface area contributed by atoms with E-state index in [0.29, 0.717) is 31.5 Å². The molecule has 1 saturated heterocycles. The van der Waals surface area contributed by atoms with E-state index < -0.39 is 11.9 Å². The SMILES string of the molecule is CC(C)CC(CNC(=O)N1CCN(C)C(C)C1)C(=O)O. The van der Waals surface area contributed by atoms with Crippen LogP contribution in [0.2, 0.25) is 0 Å². The van der Waals surface area contributed by atoms with Gasteiger partial charge in [0.15, 0.2) is 0 Å². The van der Waals surface area contributed by atoms with Crippen LogP contribution in [0, 0.1) is 11.8 Å². The molecule has 0 aliphatic carbocycles. The van der Waals surface area contributed by atoms with Crippen LogP contribution in [0.1, 0.15) is 27.2 Å². The van der Waals surface area contributed by atoms with Gasteiger partial charge in [0.05, 0.1) is 5.92 Å². The van der Waals surface area contributed by atoms with Crippen LogP contribution in [0.15, 0.2) is 0 Å². The lowest BCUT2D eigenvalue weighted by atomic mass is 9.97. The predicted octanol–water partition coefficient (Wildman–Crippen LogP) is 1.08.